The summed E-state index contributed by atoms with van der Waals surface area (Å²) in [5, 5.41) is 2.19. The zero-order valence-corrected chi connectivity index (χ0v) is 19.4. The Morgan fingerprint density at radius 2 is 1.59 bits per heavy atom. The third-order valence-electron chi connectivity index (χ3n) is 6.22. The molecule has 0 saturated carbocycles. The summed E-state index contributed by atoms with van der Waals surface area (Å²) >= 11 is 0. The first kappa shape index (κ1) is 24.2. The maximum Gasteiger partial charge on any atom is 0.417 e. The van der Waals surface area contributed by atoms with Gasteiger partial charge in [0.1, 0.15) is 0 Å². The molecular weight excluding hydrogens is 465 g/mol. The van der Waals surface area contributed by atoms with Crippen LogP contribution in [0.3, 0.4) is 0 Å². The molecule has 1 fully saturated rings. The van der Waals surface area contributed by atoms with Crippen molar-refractivity contribution < 1.29 is 26.4 Å². The van der Waals surface area contributed by atoms with Gasteiger partial charge in [0.25, 0.3) is 0 Å². The minimum atomic E-state index is -4.77. The number of carbonyl (C=O) groups excluding carboxylic acids is 1. The molecule has 9 heteroatoms. The van der Waals surface area contributed by atoms with Crippen LogP contribution in [0.4, 0.5) is 13.2 Å². The number of amides is 1. The van der Waals surface area contributed by atoms with Gasteiger partial charge >= 0.3 is 6.18 Å². The topological polar surface area (TPSA) is 57.7 Å². The van der Waals surface area contributed by atoms with Crippen LogP contribution in [0.15, 0.2) is 71.6 Å². The highest BCUT2D eigenvalue weighted by atomic mass is 32.2. The summed E-state index contributed by atoms with van der Waals surface area (Å²) < 4.78 is 66.9. The number of carbonyl (C=O) groups is 1. The van der Waals surface area contributed by atoms with Gasteiger partial charge in [-0.3, -0.25) is 4.79 Å². The average molecular weight is 491 g/mol. The maximum atomic E-state index is 13.3. The van der Waals surface area contributed by atoms with Gasteiger partial charge in [-0.1, -0.05) is 48.5 Å². The molecule has 5 nitrogen and oxygen atoms in total. The van der Waals surface area contributed by atoms with E-state index in [-0.39, 0.29) is 37.8 Å². The highest BCUT2D eigenvalue weighted by Crippen LogP contribution is 2.36. The number of rotatable bonds is 5. The first-order valence-electron chi connectivity index (χ1n) is 11.0. The molecule has 0 radical (unpaired) electrons. The number of hydrogen-bond donors (Lipinski definition) is 0. The van der Waals surface area contributed by atoms with Crippen molar-refractivity contribution in [2.75, 3.05) is 20.1 Å². The fraction of sp³-hybridized carbons (Fsp3) is 0.320. The first-order valence-corrected chi connectivity index (χ1v) is 12.4. The molecule has 0 unspecified atom stereocenters. The summed E-state index contributed by atoms with van der Waals surface area (Å²) in [4.78, 5) is 13.9. The van der Waals surface area contributed by atoms with E-state index in [9.17, 15) is 26.4 Å². The van der Waals surface area contributed by atoms with Crippen LogP contribution in [0.5, 0.6) is 0 Å². The third kappa shape index (κ3) is 4.95. The Morgan fingerprint density at radius 3 is 2.26 bits per heavy atom. The zero-order valence-electron chi connectivity index (χ0n) is 18.6. The summed E-state index contributed by atoms with van der Waals surface area (Å²) in [7, 11) is -2.62. The van der Waals surface area contributed by atoms with E-state index in [1.807, 2.05) is 42.5 Å². The van der Waals surface area contributed by atoms with Gasteiger partial charge in [0.2, 0.25) is 15.9 Å². The summed E-state index contributed by atoms with van der Waals surface area (Å²) in [6, 6.07) is 18.1. The smallest absolute Gasteiger partial charge is 0.341 e. The summed E-state index contributed by atoms with van der Waals surface area (Å²) in [6.45, 7) is 0.407. The summed E-state index contributed by atoms with van der Waals surface area (Å²) in [6.07, 6.45) is -4.26. The van der Waals surface area contributed by atoms with Crippen molar-refractivity contribution in [3.8, 4) is 0 Å². The molecule has 34 heavy (non-hydrogen) atoms. The number of nitrogens with zero attached hydrogens (tertiary/aromatic N) is 2. The molecule has 1 saturated heterocycles. The SMILES string of the molecule is CN(Cc1ccc2ccccc2c1)C(=O)C1CCN(S(=O)(=O)c2ccccc2C(F)(F)F)CC1. The van der Waals surface area contributed by atoms with E-state index in [4.69, 9.17) is 0 Å². The highest BCUT2D eigenvalue weighted by Gasteiger charge is 2.40. The Hall–Kier alpha value is -2.91. The predicted molar refractivity (Wildman–Crippen MR) is 123 cm³/mol. The minimum Gasteiger partial charge on any atom is -0.341 e. The average Bonchev–Trinajstić information content (AvgIpc) is 2.83. The standard InChI is InChI=1S/C25H25F3N2O3S/c1-29(17-18-10-11-19-6-2-3-7-21(19)16-18)24(31)20-12-14-30(15-13-20)34(32,33)23-9-5-4-8-22(23)25(26,27)28/h2-11,16,20H,12-15,17H2,1H3. The highest BCUT2D eigenvalue weighted by molar-refractivity contribution is 7.89. The molecule has 180 valence electrons. The lowest BCUT2D eigenvalue weighted by Crippen LogP contribution is -2.43. The van der Waals surface area contributed by atoms with Gasteiger partial charge in [0, 0.05) is 32.6 Å². The lowest BCUT2D eigenvalue weighted by atomic mass is 9.96. The number of hydrogen-bond acceptors (Lipinski definition) is 3. The second-order valence-electron chi connectivity index (χ2n) is 8.55. The fourth-order valence-corrected chi connectivity index (χ4v) is 6.09. The van der Waals surface area contributed by atoms with Crippen LogP contribution in [0.25, 0.3) is 10.8 Å². The van der Waals surface area contributed by atoms with Crippen molar-refractivity contribution >= 4 is 26.7 Å². The molecule has 1 aliphatic rings. The number of benzene rings is 3. The summed E-state index contributed by atoms with van der Waals surface area (Å²) in [5.74, 6) is -0.476. The number of fused-ring (bicyclic) bond motifs is 1. The molecule has 0 aromatic heterocycles. The van der Waals surface area contributed by atoms with Crippen LogP contribution in [0.2, 0.25) is 0 Å². The fourth-order valence-electron chi connectivity index (χ4n) is 4.41. The van der Waals surface area contributed by atoms with Gasteiger partial charge in [-0.15, -0.1) is 0 Å². The van der Waals surface area contributed by atoms with Crippen LogP contribution >= 0.6 is 0 Å². The number of halogens is 3. The van der Waals surface area contributed by atoms with Gasteiger partial charge in [0.15, 0.2) is 0 Å². The van der Waals surface area contributed by atoms with E-state index in [1.54, 1.807) is 11.9 Å². The minimum absolute atomic E-state index is 0.00521. The van der Waals surface area contributed by atoms with Gasteiger partial charge in [-0.05, 0) is 47.4 Å². The zero-order chi connectivity index (χ0) is 24.5. The molecule has 0 N–H and O–H groups in total. The van der Waals surface area contributed by atoms with Gasteiger partial charge in [-0.2, -0.15) is 17.5 Å². The molecule has 3 aromatic carbocycles. The van der Waals surface area contributed by atoms with E-state index in [0.717, 1.165) is 38.8 Å². The molecule has 0 atom stereocenters. The monoisotopic (exact) mass is 490 g/mol. The van der Waals surface area contributed by atoms with Crippen molar-refractivity contribution in [2.24, 2.45) is 5.92 Å². The molecule has 3 aromatic rings. The Labute approximate surface area is 196 Å². The molecular formula is C25H25F3N2O3S. The Bertz CT molecular complexity index is 1300. The predicted octanol–water partition coefficient (Wildman–Crippen LogP) is 4.92. The first-order chi connectivity index (χ1) is 16.1. The molecule has 0 bridgehead atoms. The molecule has 1 heterocycles. The second kappa shape index (κ2) is 9.38. The Morgan fingerprint density at radius 1 is 0.971 bits per heavy atom. The number of alkyl halides is 3. The van der Waals surface area contributed by atoms with Crippen LogP contribution in [-0.2, 0) is 27.5 Å². The van der Waals surface area contributed by atoms with Crippen LogP contribution in [0.1, 0.15) is 24.0 Å². The van der Waals surface area contributed by atoms with Gasteiger partial charge < -0.3 is 4.90 Å². The van der Waals surface area contributed by atoms with E-state index in [2.05, 4.69) is 0 Å². The largest absolute Gasteiger partial charge is 0.417 e. The number of piperidine rings is 1. The van der Waals surface area contributed by atoms with E-state index < -0.39 is 26.7 Å². The van der Waals surface area contributed by atoms with Crippen molar-refractivity contribution in [3.05, 3.63) is 77.9 Å². The second-order valence-corrected chi connectivity index (χ2v) is 10.5. The van der Waals surface area contributed by atoms with Crippen LogP contribution in [-0.4, -0.2) is 43.7 Å². The third-order valence-corrected chi connectivity index (χ3v) is 8.18. The summed E-state index contributed by atoms with van der Waals surface area (Å²) in [5.41, 5.74) is -0.193. The van der Waals surface area contributed by atoms with Crippen LogP contribution in [0, 0.1) is 5.92 Å². The lowest BCUT2D eigenvalue weighted by Gasteiger charge is -2.33. The normalized spacial score (nSPS) is 16.0. The molecule has 4 rings (SSSR count). The molecule has 1 aliphatic heterocycles. The van der Waals surface area contributed by atoms with Crippen molar-refractivity contribution in [2.45, 2.75) is 30.5 Å². The quantitative estimate of drug-likeness (QED) is 0.510. The van der Waals surface area contributed by atoms with Crippen molar-refractivity contribution in [3.63, 3.8) is 0 Å². The van der Waals surface area contributed by atoms with E-state index in [1.165, 1.54) is 6.07 Å². The van der Waals surface area contributed by atoms with Gasteiger partial charge in [-0.25, -0.2) is 8.42 Å². The van der Waals surface area contributed by atoms with Crippen molar-refractivity contribution in [1.82, 2.24) is 9.21 Å². The Balaban J connectivity index is 1.41. The van der Waals surface area contributed by atoms with E-state index >= 15 is 0 Å². The molecule has 0 spiro atoms. The van der Waals surface area contributed by atoms with Crippen molar-refractivity contribution in [1.29, 1.82) is 0 Å². The van der Waals surface area contributed by atoms with Crippen LogP contribution < -0.4 is 0 Å². The van der Waals surface area contributed by atoms with E-state index in [0.29, 0.717) is 6.54 Å². The molecule has 1 amide bonds. The lowest BCUT2D eigenvalue weighted by molar-refractivity contribution is -0.140. The Kier molecular flexibility index (Phi) is 6.69. The van der Waals surface area contributed by atoms with Gasteiger partial charge in [0.05, 0.1) is 10.5 Å². The maximum absolute atomic E-state index is 13.3. The number of sulfonamides is 1. The molecule has 0 aliphatic carbocycles.